The minimum absolute atomic E-state index is 0. The van der Waals surface area contributed by atoms with Crippen LogP contribution < -0.4 is 5.32 Å². The lowest BCUT2D eigenvalue weighted by Gasteiger charge is -2.44. The average Bonchev–Trinajstić information content (AvgIpc) is 3.13. The van der Waals surface area contributed by atoms with Crippen LogP contribution in [0.5, 0.6) is 0 Å². The van der Waals surface area contributed by atoms with E-state index in [0.29, 0.717) is 12.0 Å². The lowest BCUT2D eigenvalue weighted by molar-refractivity contribution is 0.0622. The predicted molar refractivity (Wildman–Crippen MR) is 115 cm³/mol. The van der Waals surface area contributed by atoms with Gasteiger partial charge in [-0.15, -0.1) is 23.7 Å². The van der Waals surface area contributed by atoms with E-state index >= 15 is 0 Å². The fraction of sp³-hybridized carbons (Fsp3) is 0.318. The van der Waals surface area contributed by atoms with E-state index in [0.717, 1.165) is 16.8 Å². The molecule has 3 aromatic rings. The maximum Gasteiger partial charge on any atom is 0.261 e. The van der Waals surface area contributed by atoms with Crippen LogP contribution in [0.2, 0.25) is 0 Å². The third-order valence-electron chi connectivity index (χ3n) is 5.82. The summed E-state index contributed by atoms with van der Waals surface area (Å²) >= 11 is 1.60. The molecular formula is C22H23ClN2OS. The Labute approximate surface area is 169 Å². The summed E-state index contributed by atoms with van der Waals surface area (Å²) in [5, 5.41) is 4.45. The quantitative estimate of drug-likeness (QED) is 0.686. The molecule has 1 amide bonds. The minimum atomic E-state index is 0. The van der Waals surface area contributed by atoms with Crippen LogP contribution in [0, 0.1) is 5.92 Å². The predicted octanol–water partition coefficient (Wildman–Crippen LogP) is 4.81. The number of carbonyl (C=O) groups excluding carboxylic acids is 1. The van der Waals surface area contributed by atoms with Gasteiger partial charge in [0.1, 0.15) is 0 Å². The van der Waals surface area contributed by atoms with Crippen LogP contribution in [0.25, 0.3) is 21.2 Å². The van der Waals surface area contributed by atoms with Crippen molar-refractivity contribution in [2.45, 2.75) is 18.9 Å². The molecule has 27 heavy (non-hydrogen) atoms. The molecule has 1 atom stereocenters. The molecule has 0 saturated carbocycles. The number of hydrogen-bond donors (Lipinski definition) is 1. The Hall–Kier alpha value is -1.88. The van der Waals surface area contributed by atoms with Crippen LogP contribution in [-0.2, 0) is 0 Å². The van der Waals surface area contributed by atoms with E-state index in [4.69, 9.17) is 0 Å². The molecule has 3 fully saturated rings. The van der Waals surface area contributed by atoms with Crippen molar-refractivity contribution in [2.75, 3.05) is 19.6 Å². The van der Waals surface area contributed by atoms with Gasteiger partial charge in [-0.05, 0) is 60.5 Å². The minimum Gasteiger partial charge on any atom is -0.347 e. The zero-order valence-corrected chi connectivity index (χ0v) is 16.7. The van der Waals surface area contributed by atoms with Crippen LogP contribution in [-0.4, -0.2) is 36.5 Å². The Morgan fingerprint density at radius 3 is 2.48 bits per heavy atom. The molecule has 2 bridgehead atoms. The van der Waals surface area contributed by atoms with Crippen molar-refractivity contribution in [3.63, 3.8) is 0 Å². The zero-order chi connectivity index (χ0) is 17.5. The Morgan fingerprint density at radius 1 is 1.00 bits per heavy atom. The number of rotatable bonds is 3. The molecule has 3 nitrogen and oxygen atoms in total. The topological polar surface area (TPSA) is 32.3 Å². The molecular weight excluding hydrogens is 376 g/mol. The molecule has 1 N–H and O–H groups in total. The number of thiophene rings is 1. The Balaban J connectivity index is 0.00000180. The van der Waals surface area contributed by atoms with Crippen LogP contribution in [0.1, 0.15) is 22.5 Å². The fourth-order valence-corrected chi connectivity index (χ4v) is 5.33. The van der Waals surface area contributed by atoms with E-state index in [9.17, 15) is 4.79 Å². The van der Waals surface area contributed by atoms with Crippen LogP contribution in [0.15, 0.2) is 54.6 Å². The first kappa shape index (κ1) is 18.5. The summed E-state index contributed by atoms with van der Waals surface area (Å²) in [6.07, 6.45) is 2.44. The summed E-state index contributed by atoms with van der Waals surface area (Å²) in [4.78, 5) is 16.1. The summed E-state index contributed by atoms with van der Waals surface area (Å²) in [6, 6.07) is 19.2. The van der Waals surface area contributed by atoms with Crippen molar-refractivity contribution < 1.29 is 4.79 Å². The van der Waals surface area contributed by atoms with Gasteiger partial charge in [0.05, 0.1) is 4.88 Å². The highest BCUT2D eigenvalue weighted by atomic mass is 35.5. The first-order chi connectivity index (χ1) is 12.8. The number of benzene rings is 2. The smallest absolute Gasteiger partial charge is 0.261 e. The monoisotopic (exact) mass is 398 g/mol. The van der Waals surface area contributed by atoms with Gasteiger partial charge in [-0.3, -0.25) is 4.79 Å². The Kier molecular flexibility index (Phi) is 5.22. The maximum atomic E-state index is 12.8. The SMILES string of the molecule is Cl.O=C(N[C@H]1CN2CCC1CC2)c1cc2ccc(-c3ccccc3)cc2s1. The number of fused-ring (bicyclic) bond motifs is 4. The molecule has 0 aliphatic carbocycles. The second kappa shape index (κ2) is 7.63. The van der Waals surface area contributed by atoms with Gasteiger partial charge in [0.2, 0.25) is 0 Å². The second-order valence-corrected chi connectivity index (χ2v) is 8.53. The molecule has 5 heteroatoms. The first-order valence-electron chi connectivity index (χ1n) is 9.38. The highest BCUT2D eigenvalue weighted by molar-refractivity contribution is 7.20. The summed E-state index contributed by atoms with van der Waals surface area (Å²) in [5.41, 5.74) is 2.41. The van der Waals surface area contributed by atoms with Gasteiger partial charge in [0.15, 0.2) is 0 Å². The van der Waals surface area contributed by atoms with E-state index in [1.54, 1.807) is 11.3 Å². The third kappa shape index (κ3) is 3.62. The molecule has 0 spiro atoms. The largest absolute Gasteiger partial charge is 0.347 e. The van der Waals surface area contributed by atoms with E-state index in [2.05, 4.69) is 52.7 Å². The lowest BCUT2D eigenvalue weighted by atomic mass is 9.84. The van der Waals surface area contributed by atoms with Gasteiger partial charge in [-0.25, -0.2) is 0 Å². The molecule has 3 aliphatic heterocycles. The Morgan fingerprint density at radius 2 is 1.78 bits per heavy atom. The van der Waals surface area contributed by atoms with Crippen molar-refractivity contribution in [1.82, 2.24) is 10.2 Å². The highest BCUT2D eigenvalue weighted by Gasteiger charge is 2.35. The summed E-state index contributed by atoms with van der Waals surface area (Å²) in [6.45, 7) is 3.41. The molecule has 0 unspecified atom stereocenters. The van der Waals surface area contributed by atoms with E-state index < -0.39 is 0 Å². The van der Waals surface area contributed by atoms with Crippen molar-refractivity contribution in [3.8, 4) is 11.1 Å². The van der Waals surface area contributed by atoms with Crippen molar-refractivity contribution >= 4 is 39.7 Å². The standard InChI is InChI=1S/C22H22N2OS.ClH/c25-22(23-19-14-24-10-8-16(19)9-11-24)21-13-18-7-6-17(12-20(18)26-21)15-4-2-1-3-5-15;/h1-7,12-13,16,19H,8-11,14H2,(H,23,25);1H/t19-;/m0./s1. The first-order valence-corrected chi connectivity index (χ1v) is 10.2. The normalized spacial score (nSPS) is 23.8. The molecule has 140 valence electrons. The fourth-order valence-electron chi connectivity index (χ4n) is 4.32. The van der Waals surface area contributed by atoms with Gasteiger partial charge in [-0.2, -0.15) is 0 Å². The number of amides is 1. The molecule has 4 heterocycles. The third-order valence-corrected chi connectivity index (χ3v) is 6.92. The summed E-state index contributed by atoms with van der Waals surface area (Å²) < 4.78 is 1.17. The number of nitrogens with zero attached hydrogens (tertiary/aromatic N) is 1. The van der Waals surface area contributed by atoms with Gasteiger partial charge in [0.25, 0.3) is 5.91 Å². The van der Waals surface area contributed by atoms with Crippen LogP contribution >= 0.6 is 23.7 Å². The molecule has 1 aromatic heterocycles. The second-order valence-electron chi connectivity index (χ2n) is 7.45. The summed E-state index contributed by atoms with van der Waals surface area (Å²) in [5.74, 6) is 0.745. The van der Waals surface area contributed by atoms with Gasteiger partial charge < -0.3 is 10.2 Å². The average molecular weight is 399 g/mol. The lowest BCUT2D eigenvalue weighted by Crippen LogP contribution is -2.57. The highest BCUT2D eigenvalue weighted by Crippen LogP contribution is 2.32. The van der Waals surface area contributed by atoms with E-state index in [-0.39, 0.29) is 18.3 Å². The van der Waals surface area contributed by atoms with Gasteiger partial charge >= 0.3 is 0 Å². The number of hydrogen-bond acceptors (Lipinski definition) is 3. The Bertz CT molecular complexity index is 947. The number of piperidine rings is 3. The van der Waals surface area contributed by atoms with Crippen molar-refractivity contribution in [1.29, 1.82) is 0 Å². The van der Waals surface area contributed by atoms with Crippen molar-refractivity contribution in [2.24, 2.45) is 5.92 Å². The van der Waals surface area contributed by atoms with Crippen LogP contribution in [0.4, 0.5) is 0 Å². The van der Waals surface area contributed by atoms with Gasteiger partial charge in [-0.1, -0.05) is 42.5 Å². The zero-order valence-electron chi connectivity index (χ0n) is 15.1. The van der Waals surface area contributed by atoms with Crippen molar-refractivity contribution in [3.05, 3.63) is 59.5 Å². The maximum absolute atomic E-state index is 12.8. The molecule has 3 saturated heterocycles. The number of carbonyl (C=O) groups is 1. The number of nitrogens with one attached hydrogen (secondary N) is 1. The number of halogens is 1. The molecule has 3 aliphatic rings. The molecule has 6 rings (SSSR count). The molecule has 0 radical (unpaired) electrons. The molecule has 2 aromatic carbocycles. The summed E-state index contributed by atoms with van der Waals surface area (Å²) in [7, 11) is 0. The van der Waals surface area contributed by atoms with E-state index in [1.165, 1.54) is 41.8 Å². The van der Waals surface area contributed by atoms with Crippen LogP contribution in [0.3, 0.4) is 0 Å². The van der Waals surface area contributed by atoms with E-state index in [1.807, 2.05) is 12.1 Å². The van der Waals surface area contributed by atoms with Gasteiger partial charge in [0, 0.05) is 17.3 Å².